The van der Waals surface area contributed by atoms with Gasteiger partial charge in [-0.05, 0) is 36.6 Å². The van der Waals surface area contributed by atoms with Gasteiger partial charge in [0.2, 0.25) is 11.8 Å². The highest BCUT2D eigenvalue weighted by Crippen LogP contribution is 2.44. The zero-order chi connectivity index (χ0) is 19.0. The van der Waals surface area contributed by atoms with Crippen LogP contribution in [0.2, 0.25) is 0 Å². The van der Waals surface area contributed by atoms with Gasteiger partial charge in [0.05, 0.1) is 22.9 Å². The number of allylic oxidation sites excluding steroid dienone is 1. The summed E-state index contributed by atoms with van der Waals surface area (Å²) in [5.74, 6) is 0.411. The summed E-state index contributed by atoms with van der Waals surface area (Å²) in [6, 6.07) is 20.3. The minimum absolute atomic E-state index is 0.131. The fraction of sp³-hybridized carbons (Fsp3) is 0.182. The molecule has 0 amide bonds. The first kappa shape index (κ1) is 16.9. The van der Waals surface area contributed by atoms with E-state index in [9.17, 15) is 5.26 Å². The Labute approximate surface area is 158 Å². The van der Waals surface area contributed by atoms with Crippen molar-refractivity contribution in [2.75, 3.05) is 0 Å². The first-order valence-electron chi connectivity index (χ1n) is 8.95. The monoisotopic (exact) mass is 356 g/mol. The number of nitrogens with zero attached hydrogens (tertiary/aromatic N) is 3. The van der Waals surface area contributed by atoms with E-state index in [1.54, 1.807) is 4.68 Å². The van der Waals surface area contributed by atoms with Crippen LogP contribution in [0.15, 0.2) is 66.1 Å². The van der Waals surface area contributed by atoms with E-state index in [1.807, 2.05) is 37.3 Å². The zero-order valence-electron chi connectivity index (χ0n) is 15.3. The molecule has 0 saturated heterocycles. The van der Waals surface area contributed by atoms with Crippen LogP contribution in [0.3, 0.4) is 0 Å². The Balaban J connectivity index is 1.92. The van der Waals surface area contributed by atoms with E-state index in [0.29, 0.717) is 11.5 Å². The summed E-state index contributed by atoms with van der Waals surface area (Å²) in [5.41, 5.74) is 11.4. The predicted molar refractivity (Wildman–Crippen MR) is 103 cm³/mol. The molecule has 5 heteroatoms. The number of ether oxygens (including phenoxy) is 1. The molecule has 4 rings (SSSR count). The van der Waals surface area contributed by atoms with Gasteiger partial charge in [0.25, 0.3) is 0 Å². The van der Waals surface area contributed by atoms with Crippen molar-refractivity contribution in [1.29, 1.82) is 5.26 Å². The molecule has 1 aliphatic heterocycles. The quantitative estimate of drug-likeness (QED) is 0.770. The SMILES string of the molecule is CCc1ccc([C@H]2C(C#N)=C(N)Oc3c2c(C)nn3-c2ccccc2)cc1. The first-order valence-corrected chi connectivity index (χ1v) is 8.95. The number of para-hydroxylation sites is 1. The van der Waals surface area contributed by atoms with Crippen LogP contribution in [0.25, 0.3) is 5.69 Å². The number of hydrogen-bond donors (Lipinski definition) is 1. The molecule has 0 saturated carbocycles. The third-order valence-electron chi connectivity index (χ3n) is 4.95. The molecule has 134 valence electrons. The predicted octanol–water partition coefficient (Wildman–Crippen LogP) is 3.96. The Kier molecular flexibility index (Phi) is 4.17. The van der Waals surface area contributed by atoms with Crippen molar-refractivity contribution in [1.82, 2.24) is 9.78 Å². The zero-order valence-corrected chi connectivity index (χ0v) is 15.3. The van der Waals surface area contributed by atoms with Gasteiger partial charge in [-0.1, -0.05) is 49.4 Å². The number of nitriles is 1. The second-order valence-corrected chi connectivity index (χ2v) is 6.57. The summed E-state index contributed by atoms with van der Waals surface area (Å²) >= 11 is 0. The number of hydrogen-bond acceptors (Lipinski definition) is 4. The van der Waals surface area contributed by atoms with Gasteiger partial charge in [-0.15, -0.1) is 0 Å². The number of aryl methyl sites for hydroxylation is 2. The molecule has 5 nitrogen and oxygen atoms in total. The maximum Gasteiger partial charge on any atom is 0.229 e. The number of nitrogens with two attached hydrogens (primary N) is 1. The smallest absolute Gasteiger partial charge is 0.229 e. The van der Waals surface area contributed by atoms with Crippen LogP contribution in [0.4, 0.5) is 0 Å². The molecular weight excluding hydrogens is 336 g/mol. The third-order valence-corrected chi connectivity index (χ3v) is 4.95. The molecule has 0 aliphatic carbocycles. The molecule has 0 spiro atoms. The van der Waals surface area contributed by atoms with E-state index in [0.717, 1.165) is 28.9 Å². The third kappa shape index (κ3) is 2.76. The highest BCUT2D eigenvalue weighted by atomic mass is 16.5. The second kappa shape index (κ2) is 6.65. The summed E-state index contributed by atoms with van der Waals surface area (Å²) in [6.07, 6.45) is 0.966. The normalized spacial score (nSPS) is 15.8. The van der Waals surface area contributed by atoms with Crippen LogP contribution in [0.1, 0.15) is 35.2 Å². The van der Waals surface area contributed by atoms with Gasteiger partial charge in [0.1, 0.15) is 11.6 Å². The number of fused-ring (bicyclic) bond motifs is 1. The Morgan fingerprint density at radius 3 is 2.48 bits per heavy atom. The van der Waals surface area contributed by atoms with Crippen molar-refractivity contribution < 1.29 is 4.74 Å². The first-order chi connectivity index (χ1) is 13.1. The average Bonchev–Trinajstić information content (AvgIpc) is 3.03. The van der Waals surface area contributed by atoms with Crippen LogP contribution >= 0.6 is 0 Å². The highest BCUT2D eigenvalue weighted by Gasteiger charge is 2.36. The number of rotatable bonds is 3. The average molecular weight is 356 g/mol. The minimum Gasteiger partial charge on any atom is -0.422 e. The van der Waals surface area contributed by atoms with Crippen LogP contribution in [-0.4, -0.2) is 9.78 Å². The lowest BCUT2D eigenvalue weighted by molar-refractivity contribution is 0.367. The molecule has 27 heavy (non-hydrogen) atoms. The standard InChI is InChI=1S/C22H20N4O/c1-3-15-9-11-16(12-10-15)20-18(13-23)21(24)27-22-19(20)14(2)25-26(22)17-7-5-4-6-8-17/h4-12,20H,3,24H2,1-2H3/t20-/m0/s1. The summed E-state index contributed by atoms with van der Waals surface area (Å²) in [5, 5.41) is 14.4. The Hall–Kier alpha value is -3.52. The second-order valence-electron chi connectivity index (χ2n) is 6.57. The van der Waals surface area contributed by atoms with Gasteiger partial charge in [0.15, 0.2) is 0 Å². The molecule has 1 aliphatic rings. The van der Waals surface area contributed by atoms with E-state index in [-0.39, 0.29) is 11.8 Å². The van der Waals surface area contributed by atoms with Gasteiger partial charge in [-0.2, -0.15) is 10.4 Å². The molecule has 1 aromatic heterocycles. The fourth-order valence-electron chi connectivity index (χ4n) is 3.54. The van der Waals surface area contributed by atoms with Crippen molar-refractivity contribution in [3.8, 4) is 17.6 Å². The molecule has 3 aromatic rings. The van der Waals surface area contributed by atoms with E-state index >= 15 is 0 Å². The molecule has 0 fully saturated rings. The Morgan fingerprint density at radius 1 is 1.15 bits per heavy atom. The summed E-state index contributed by atoms with van der Waals surface area (Å²) < 4.78 is 7.62. The van der Waals surface area contributed by atoms with Crippen molar-refractivity contribution >= 4 is 0 Å². The molecule has 2 N–H and O–H groups in total. The van der Waals surface area contributed by atoms with Gasteiger partial charge < -0.3 is 10.5 Å². The molecule has 2 aromatic carbocycles. The van der Waals surface area contributed by atoms with Crippen LogP contribution < -0.4 is 10.5 Å². The van der Waals surface area contributed by atoms with Gasteiger partial charge in [0, 0.05) is 0 Å². The summed E-state index contributed by atoms with van der Waals surface area (Å²) in [4.78, 5) is 0. The molecule has 0 bridgehead atoms. The van der Waals surface area contributed by atoms with Gasteiger partial charge in [-0.3, -0.25) is 0 Å². The van der Waals surface area contributed by atoms with E-state index in [2.05, 4.69) is 42.4 Å². The van der Waals surface area contributed by atoms with Crippen LogP contribution in [0.5, 0.6) is 5.88 Å². The molecule has 0 radical (unpaired) electrons. The summed E-state index contributed by atoms with van der Waals surface area (Å²) in [6.45, 7) is 4.06. The maximum absolute atomic E-state index is 9.74. The lowest BCUT2D eigenvalue weighted by atomic mass is 9.84. The lowest BCUT2D eigenvalue weighted by Crippen LogP contribution is -2.22. The number of benzene rings is 2. The van der Waals surface area contributed by atoms with Crippen molar-refractivity contribution in [3.05, 3.63) is 88.4 Å². The Morgan fingerprint density at radius 2 is 1.85 bits per heavy atom. The van der Waals surface area contributed by atoms with E-state index < -0.39 is 0 Å². The highest BCUT2D eigenvalue weighted by molar-refractivity contribution is 5.57. The van der Waals surface area contributed by atoms with Gasteiger partial charge in [-0.25, -0.2) is 4.68 Å². The maximum atomic E-state index is 9.74. The minimum atomic E-state index is -0.290. The topological polar surface area (TPSA) is 76.9 Å². The summed E-state index contributed by atoms with van der Waals surface area (Å²) in [7, 11) is 0. The van der Waals surface area contributed by atoms with Gasteiger partial charge >= 0.3 is 0 Å². The van der Waals surface area contributed by atoms with Crippen molar-refractivity contribution in [3.63, 3.8) is 0 Å². The molecule has 2 heterocycles. The largest absolute Gasteiger partial charge is 0.422 e. The molecular formula is C22H20N4O. The fourth-order valence-corrected chi connectivity index (χ4v) is 3.54. The van der Waals surface area contributed by atoms with E-state index in [4.69, 9.17) is 10.5 Å². The van der Waals surface area contributed by atoms with Crippen molar-refractivity contribution in [2.45, 2.75) is 26.2 Å². The van der Waals surface area contributed by atoms with Crippen LogP contribution in [-0.2, 0) is 6.42 Å². The lowest BCUT2D eigenvalue weighted by Gasteiger charge is -2.25. The van der Waals surface area contributed by atoms with E-state index in [1.165, 1.54) is 5.56 Å². The Bertz CT molecular complexity index is 1060. The number of aromatic nitrogens is 2. The molecule has 0 unspecified atom stereocenters. The van der Waals surface area contributed by atoms with Crippen molar-refractivity contribution in [2.24, 2.45) is 5.73 Å². The van der Waals surface area contributed by atoms with Crippen LogP contribution in [0, 0.1) is 18.3 Å². The molecule has 1 atom stereocenters.